The Morgan fingerprint density at radius 3 is 1.33 bits per heavy atom. The minimum Gasteiger partial charge on any atom is -0.504 e. The van der Waals surface area contributed by atoms with Gasteiger partial charge >= 0.3 is 0 Å². The fourth-order valence-electron chi connectivity index (χ4n) is 6.83. The van der Waals surface area contributed by atoms with Crippen LogP contribution in [-0.4, -0.2) is 40.9 Å². The molecule has 0 spiro atoms. The molecule has 0 aliphatic heterocycles. The lowest BCUT2D eigenvalue weighted by atomic mass is 9.82. The Bertz CT molecular complexity index is 2560. The van der Waals surface area contributed by atoms with Crippen molar-refractivity contribution in [2.45, 2.75) is 0 Å². The Labute approximate surface area is 272 Å². The van der Waals surface area contributed by atoms with Gasteiger partial charge in [0.25, 0.3) is 0 Å². The summed E-state index contributed by atoms with van der Waals surface area (Å²) in [6, 6.07) is 33.5. The summed E-state index contributed by atoms with van der Waals surface area (Å²) in [5.41, 5.74) is 2.77. The minimum absolute atomic E-state index is 0.00391. The first-order chi connectivity index (χ1) is 23.2. The van der Waals surface area contributed by atoms with Crippen LogP contribution in [0.1, 0.15) is 0 Å². The van der Waals surface area contributed by atoms with Crippen molar-refractivity contribution >= 4 is 43.1 Å². The van der Waals surface area contributed by atoms with Crippen molar-refractivity contribution < 1.29 is 40.9 Å². The minimum atomic E-state index is -1.01. The molecule has 8 nitrogen and oxygen atoms in total. The van der Waals surface area contributed by atoms with Crippen molar-refractivity contribution in [2.75, 3.05) is 0 Å². The number of phenols is 8. The Balaban J connectivity index is 1.58. The predicted molar refractivity (Wildman–Crippen MR) is 186 cm³/mol. The highest BCUT2D eigenvalue weighted by atomic mass is 16.4. The molecule has 0 radical (unpaired) electrons. The van der Waals surface area contributed by atoms with Gasteiger partial charge in [-0.05, 0) is 55.9 Å². The standard InChI is InChI=1S/C40H26O8/c41-33-29-27(24-16-15-22-17-21(13-14-23(22)18-24)19-7-2-1-3-8-19)30-32(36(44)40(48)38(46)34(30)42)28(31(29)35(43)39(47)37(33)45)26-12-6-10-20-9-4-5-11-25(20)26/h1-18,41-48H. The zero-order valence-electron chi connectivity index (χ0n) is 25.0. The van der Waals surface area contributed by atoms with Crippen LogP contribution in [0.4, 0.5) is 0 Å². The van der Waals surface area contributed by atoms with E-state index in [9.17, 15) is 40.9 Å². The smallest absolute Gasteiger partial charge is 0.204 e. The van der Waals surface area contributed by atoms with Gasteiger partial charge in [0, 0.05) is 32.7 Å². The van der Waals surface area contributed by atoms with Gasteiger partial charge in [0.2, 0.25) is 23.0 Å². The summed E-state index contributed by atoms with van der Waals surface area (Å²) in [5, 5.41) is 91.7. The van der Waals surface area contributed by atoms with E-state index in [1.807, 2.05) is 72.8 Å². The number of rotatable bonds is 3. The fraction of sp³-hybridized carbons (Fsp3) is 0. The molecule has 8 aromatic carbocycles. The van der Waals surface area contributed by atoms with Gasteiger partial charge in [0.15, 0.2) is 23.0 Å². The highest BCUT2D eigenvalue weighted by Gasteiger charge is 2.32. The van der Waals surface area contributed by atoms with E-state index >= 15 is 0 Å². The van der Waals surface area contributed by atoms with E-state index in [1.165, 1.54) is 0 Å². The molecule has 0 saturated carbocycles. The van der Waals surface area contributed by atoms with Crippen LogP contribution in [0.15, 0.2) is 109 Å². The van der Waals surface area contributed by atoms with Gasteiger partial charge in [-0.25, -0.2) is 0 Å². The molecule has 0 heterocycles. The highest BCUT2D eigenvalue weighted by Crippen LogP contribution is 2.62. The second kappa shape index (κ2) is 10.4. The largest absolute Gasteiger partial charge is 0.504 e. The van der Waals surface area contributed by atoms with E-state index in [0.717, 1.165) is 27.3 Å². The molecule has 0 saturated heterocycles. The third-order valence-corrected chi connectivity index (χ3v) is 9.09. The van der Waals surface area contributed by atoms with Gasteiger partial charge in [0.05, 0.1) is 0 Å². The molecule has 0 aliphatic carbocycles. The van der Waals surface area contributed by atoms with Crippen molar-refractivity contribution in [3.05, 3.63) is 109 Å². The predicted octanol–water partition coefficient (Wildman–Crippen LogP) is 8.95. The first-order valence-electron chi connectivity index (χ1n) is 15.0. The molecule has 234 valence electrons. The van der Waals surface area contributed by atoms with Crippen LogP contribution in [0, 0.1) is 0 Å². The lowest BCUT2D eigenvalue weighted by molar-refractivity contribution is 0.350. The topological polar surface area (TPSA) is 162 Å². The van der Waals surface area contributed by atoms with Crippen molar-refractivity contribution in [3.63, 3.8) is 0 Å². The van der Waals surface area contributed by atoms with Gasteiger partial charge in [-0.2, -0.15) is 0 Å². The summed E-state index contributed by atoms with van der Waals surface area (Å²) in [4.78, 5) is 0. The molecule has 48 heavy (non-hydrogen) atoms. The lowest BCUT2D eigenvalue weighted by Crippen LogP contribution is -1.95. The van der Waals surface area contributed by atoms with E-state index in [-0.39, 0.29) is 32.7 Å². The number of fused-ring (bicyclic) bond motifs is 4. The van der Waals surface area contributed by atoms with Crippen molar-refractivity contribution in [1.29, 1.82) is 0 Å². The Morgan fingerprint density at radius 2 is 0.750 bits per heavy atom. The van der Waals surface area contributed by atoms with E-state index < -0.39 is 46.0 Å². The van der Waals surface area contributed by atoms with Crippen LogP contribution in [0.3, 0.4) is 0 Å². The summed E-state index contributed by atoms with van der Waals surface area (Å²) in [5.74, 6) is -7.29. The van der Waals surface area contributed by atoms with Gasteiger partial charge in [0.1, 0.15) is 0 Å². The number of hydrogen-bond acceptors (Lipinski definition) is 8. The first kappa shape index (κ1) is 28.7. The SMILES string of the molecule is Oc1c(O)c(O)c2c(-c3cccc4ccccc34)c3c(O)c(O)c(O)c(O)c3c(-c3ccc4cc(-c5ccccc5)ccc4c3)c2c1O. The highest BCUT2D eigenvalue weighted by molar-refractivity contribution is 6.30. The maximum absolute atomic E-state index is 11.5. The molecule has 8 aromatic rings. The van der Waals surface area contributed by atoms with Gasteiger partial charge in [-0.1, -0.05) is 97.1 Å². The first-order valence-corrected chi connectivity index (χ1v) is 15.0. The molecule has 0 aliphatic rings. The molecule has 0 atom stereocenters. The summed E-state index contributed by atoms with van der Waals surface area (Å²) < 4.78 is 0. The molecule has 8 rings (SSSR count). The lowest BCUT2D eigenvalue weighted by Gasteiger charge is -2.23. The van der Waals surface area contributed by atoms with E-state index in [2.05, 4.69) is 0 Å². The molecule has 0 aromatic heterocycles. The van der Waals surface area contributed by atoms with E-state index in [4.69, 9.17) is 0 Å². The quantitative estimate of drug-likeness (QED) is 0.0543. The average molecular weight is 635 g/mol. The zero-order valence-corrected chi connectivity index (χ0v) is 25.0. The molecule has 0 amide bonds. The third kappa shape index (κ3) is 3.96. The monoisotopic (exact) mass is 634 g/mol. The van der Waals surface area contributed by atoms with E-state index in [1.54, 1.807) is 36.4 Å². The van der Waals surface area contributed by atoms with Crippen LogP contribution >= 0.6 is 0 Å². The van der Waals surface area contributed by atoms with Crippen molar-refractivity contribution in [3.8, 4) is 79.4 Å². The van der Waals surface area contributed by atoms with Gasteiger partial charge in [-0.15, -0.1) is 0 Å². The summed E-state index contributed by atoms with van der Waals surface area (Å²) in [6.45, 7) is 0. The summed E-state index contributed by atoms with van der Waals surface area (Å²) in [7, 11) is 0. The van der Waals surface area contributed by atoms with Gasteiger partial charge in [-0.3, -0.25) is 0 Å². The van der Waals surface area contributed by atoms with Crippen molar-refractivity contribution in [2.24, 2.45) is 0 Å². The van der Waals surface area contributed by atoms with E-state index in [0.29, 0.717) is 16.5 Å². The Kier molecular flexibility index (Phi) is 6.19. The number of hydrogen-bond donors (Lipinski definition) is 8. The van der Waals surface area contributed by atoms with Crippen molar-refractivity contribution in [1.82, 2.24) is 0 Å². The Hall–Kier alpha value is -6.80. The summed E-state index contributed by atoms with van der Waals surface area (Å²) >= 11 is 0. The molecule has 0 unspecified atom stereocenters. The molecule has 8 heteroatoms. The molecular formula is C40H26O8. The molecule has 8 N–H and O–H groups in total. The molecule has 0 bridgehead atoms. The average Bonchev–Trinajstić information content (AvgIpc) is 3.13. The maximum Gasteiger partial charge on any atom is 0.204 e. The normalized spacial score (nSPS) is 11.6. The van der Waals surface area contributed by atoms with Crippen LogP contribution < -0.4 is 0 Å². The maximum atomic E-state index is 11.5. The zero-order chi connectivity index (χ0) is 33.4. The fourth-order valence-corrected chi connectivity index (χ4v) is 6.83. The second-order valence-corrected chi connectivity index (χ2v) is 11.7. The van der Waals surface area contributed by atoms with Crippen LogP contribution in [-0.2, 0) is 0 Å². The summed E-state index contributed by atoms with van der Waals surface area (Å²) in [6.07, 6.45) is 0. The van der Waals surface area contributed by atoms with Crippen LogP contribution in [0.2, 0.25) is 0 Å². The number of benzene rings is 8. The number of aromatic hydroxyl groups is 8. The molecular weight excluding hydrogens is 608 g/mol. The van der Waals surface area contributed by atoms with Crippen LogP contribution in [0.25, 0.3) is 76.5 Å². The van der Waals surface area contributed by atoms with Gasteiger partial charge < -0.3 is 40.9 Å². The van der Waals surface area contributed by atoms with Crippen LogP contribution in [0.5, 0.6) is 46.0 Å². The number of phenolic OH excluding ortho intramolecular Hbond substituents is 8. The Morgan fingerprint density at radius 1 is 0.292 bits per heavy atom. The third-order valence-electron chi connectivity index (χ3n) is 9.09. The molecule has 0 fully saturated rings. The second-order valence-electron chi connectivity index (χ2n) is 11.7.